The summed E-state index contributed by atoms with van der Waals surface area (Å²) in [6, 6.07) is 14.6. The van der Waals surface area contributed by atoms with Gasteiger partial charge in [0.2, 0.25) is 0 Å². The summed E-state index contributed by atoms with van der Waals surface area (Å²) in [5, 5.41) is 2.48. The SMILES string of the molecule is CCC(C)OCC(N)c1ccc2ccccc2c1. The van der Waals surface area contributed by atoms with Crippen LogP contribution in [0.15, 0.2) is 42.5 Å². The highest BCUT2D eigenvalue weighted by Gasteiger charge is 2.08. The van der Waals surface area contributed by atoms with Gasteiger partial charge in [-0.05, 0) is 35.7 Å². The molecular weight excluding hydrogens is 222 g/mol. The summed E-state index contributed by atoms with van der Waals surface area (Å²) in [6.45, 7) is 4.77. The van der Waals surface area contributed by atoms with Crippen molar-refractivity contribution in [3.63, 3.8) is 0 Å². The molecule has 96 valence electrons. The first kappa shape index (κ1) is 13.1. The molecule has 0 aromatic heterocycles. The van der Waals surface area contributed by atoms with E-state index in [0.717, 1.165) is 12.0 Å². The van der Waals surface area contributed by atoms with Crippen LogP contribution in [0.25, 0.3) is 10.8 Å². The molecule has 2 nitrogen and oxygen atoms in total. The molecule has 0 saturated heterocycles. The Balaban J connectivity index is 2.10. The van der Waals surface area contributed by atoms with Gasteiger partial charge in [0.15, 0.2) is 0 Å². The summed E-state index contributed by atoms with van der Waals surface area (Å²) < 4.78 is 5.69. The van der Waals surface area contributed by atoms with Crippen LogP contribution in [0.3, 0.4) is 0 Å². The monoisotopic (exact) mass is 243 g/mol. The van der Waals surface area contributed by atoms with E-state index in [4.69, 9.17) is 10.5 Å². The van der Waals surface area contributed by atoms with Crippen LogP contribution in [0, 0.1) is 0 Å². The fraction of sp³-hybridized carbons (Fsp3) is 0.375. The largest absolute Gasteiger partial charge is 0.377 e. The van der Waals surface area contributed by atoms with Crippen molar-refractivity contribution in [2.45, 2.75) is 32.4 Å². The second-order valence-electron chi connectivity index (χ2n) is 4.77. The Morgan fingerprint density at radius 3 is 2.56 bits per heavy atom. The minimum atomic E-state index is -0.0522. The summed E-state index contributed by atoms with van der Waals surface area (Å²) in [6.07, 6.45) is 1.29. The number of fused-ring (bicyclic) bond motifs is 1. The first-order valence-corrected chi connectivity index (χ1v) is 6.56. The van der Waals surface area contributed by atoms with Crippen LogP contribution in [-0.4, -0.2) is 12.7 Å². The second kappa shape index (κ2) is 5.98. The highest BCUT2D eigenvalue weighted by atomic mass is 16.5. The number of nitrogens with two attached hydrogens (primary N) is 1. The number of hydrogen-bond acceptors (Lipinski definition) is 2. The van der Waals surface area contributed by atoms with Crippen LogP contribution in [0.2, 0.25) is 0 Å². The lowest BCUT2D eigenvalue weighted by atomic mass is 10.0. The van der Waals surface area contributed by atoms with Gasteiger partial charge in [-0.15, -0.1) is 0 Å². The molecule has 0 amide bonds. The molecule has 0 saturated carbocycles. The van der Waals surface area contributed by atoms with Crippen LogP contribution in [0.1, 0.15) is 31.9 Å². The summed E-state index contributed by atoms with van der Waals surface area (Å²) >= 11 is 0. The van der Waals surface area contributed by atoms with Gasteiger partial charge >= 0.3 is 0 Å². The molecule has 0 aliphatic carbocycles. The second-order valence-corrected chi connectivity index (χ2v) is 4.77. The molecule has 2 N–H and O–H groups in total. The van der Waals surface area contributed by atoms with E-state index in [1.165, 1.54) is 10.8 Å². The van der Waals surface area contributed by atoms with E-state index < -0.39 is 0 Å². The zero-order valence-electron chi connectivity index (χ0n) is 11.1. The zero-order valence-corrected chi connectivity index (χ0v) is 11.1. The molecule has 2 aromatic rings. The topological polar surface area (TPSA) is 35.2 Å². The Labute approximate surface area is 109 Å². The quantitative estimate of drug-likeness (QED) is 0.870. The summed E-state index contributed by atoms with van der Waals surface area (Å²) in [5.41, 5.74) is 7.30. The maximum atomic E-state index is 6.16. The number of ether oxygens (including phenoxy) is 1. The number of rotatable bonds is 5. The van der Waals surface area contributed by atoms with E-state index in [9.17, 15) is 0 Å². The van der Waals surface area contributed by atoms with Crippen LogP contribution in [-0.2, 0) is 4.74 Å². The van der Waals surface area contributed by atoms with Gasteiger partial charge in [-0.3, -0.25) is 0 Å². The van der Waals surface area contributed by atoms with Crippen molar-refractivity contribution < 1.29 is 4.74 Å². The van der Waals surface area contributed by atoms with Crippen molar-refractivity contribution in [3.8, 4) is 0 Å². The Morgan fingerprint density at radius 2 is 1.83 bits per heavy atom. The Hall–Kier alpha value is -1.38. The molecule has 0 radical (unpaired) electrons. The third-order valence-electron chi connectivity index (χ3n) is 3.34. The lowest BCUT2D eigenvalue weighted by Gasteiger charge is -2.16. The van der Waals surface area contributed by atoms with Crippen molar-refractivity contribution in [1.29, 1.82) is 0 Å². The number of hydrogen-bond donors (Lipinski definition) is 1. The summed E-state index contributed by atoms with van der Waals surface area (Å²) in [4.78, 5) is 0. The first-order chi connectivity index (χ1) is 8.70. The fourth-order valence-electron chi connectivity index (χ4n) is 1.92. The Bertz CT molecular complexity index is 509. The molecule has 0 aliphatic rings. The molecule has 0 fully saturated rings. The third-order valence-corrected chi connectivity index (χ3v) is 3.34. The normalized spacial score (nSPS) is 14.6. The minimum Gasteiger partial charge on any atom is -0.377 e. The predicted molar refractivity (Wildman–Crippen MR) is 76.6 cm³/mol. The molecular formula is C16H21NO. The Kier molecular flexibility index (Phi) is 4.34. The molecule has 2 unspecified atom stereocenters. The highest BCUT2D eigenvalue weighted by Crippen LogP contribution is 2.19. The molecule has 0 aliphatic heterocycles. The van der Waals surface area contributed by atoms with Gasteiger partial charge in [-0.2, -0.15) is 0 Å². The Morgan fingerprint density at radius 1 is 1.11 bits per heavy atom. The van der Waals surface area contributed by atoms with Gasteiger partial charge in [0, 0.05) is 0 Å². The highest BCUT2D eigenvalue weighted by molar-refractivity contribution is 5.83. The van der Waals surface area contributed by atoms with Gasteiger partial charge in [0.1, 0.15) is 0 Å². The van der Waals surface area contributed by atoms with E-state index in [-0.39, 0.29) is 12.1 Å². The maximum Gasteiger partial charge on any atom is 0.0662 e. The zero-order chi connectivity index (χ0) is 13.0. The van der Waals surface area contributed by atoms with Crippen LogP contribution < -0.4 is 5.73 Å². The molecule has 2 rings (SSSR count). The molecule has 0 heterocycles. The van der Waals surface area contributed by atoms with Crippen LogP contribution in [0.5, 0.6) is 0 Å². The van der Waals surface area contributed by atoms with Gasteiger partial charge in [-0.25, -0.2) is 0 Å². The molecule has 2 atom stereocenters. The molecule has 0 bridgehead atoms. The van der Waals surface area contributed by atoms with Gasteiger partial charge in [0.25, 0.3) is 0 Å². The lowest BCUT2D eigenvalue weighted by molar-refractivity contribution is 0.0539. The molecule has 2 aromatic carbocycles. The van der Waals surface area contributed by atoms with Crippen molar-refractivity contribution >= 4 is 10.8 Å². The predicted octanol–water partition coefficient (Wildman–Crippen LogP) is 3.65. The van der Waals surface area contributed by atoms with Gasteiger partial charge in [-0.1, -0.05) is 43.3 Å². The minimum absolute atomic E-state index is 0.0522. The summed E-state index contributed by atoms with van der Waals surface area (Å²) in [5.74, 6) is 0. The van der Waals surface area contributed by atoms with E-state index in [2.05, 4.69) is 44.2 Å². The van der Waals surface area contributed by atoms with Crippen molar-refractivity contribution in [2.24, 2.45) is 5.73 Å². The van der Waals surface area contributed by atoms with Crippen molar-refractivity contribution in [3.05, 3.63) is 48.0 Å². The molecule has 2 heteroatoms. The van der Waals surface area contributed by atoms with Gasteiger partial charge < -0.3 is 10.5 Å². The van der Waals surface area contributed by atoms with Gasteiger partial charge in [0.05, 0.1) is 18.8 Å². The van der Waals surface area contributed by atoms with Crippen LogP contribution >= 0.6 is 0 Å². The van der Waals surface area contributed by atoms with Crippen molar-refractivity contribution in [1.82, 2.24) is 0 Å². The lowest BCUT2D eigenvalue weighted by Crippen LogP contribution is -2.20. The van der Waals surface area contributed by atoms with E-state index in [0.29, 0.717) is 6.61 Å². The van der Waals surface area contributed by atoms with E-state index in [1.807, 2.05) is 12.1 Å². The maximum absolute atomic E-state index is 6.16. The fourth-order valence-corrected chi connectivity index (χ4v) is 1.92. The molecule has 0 spiro atoms. The third kappa shape index (κ3) is 3.09. The average molecular weight is 243 g/mol. The average Bonchev–Trinajstić information content (AvgIpc) is 2.43. The molecule has 18 heavy (non-hydrogen) atoms. The first-order valence-electron chi connectivity index (χ1n) is 6.56. The van der Waals surface area contributed by atoms with E-state index >= 15 is 0 Å². The summed E-state index contributed by atoms with van der Waals surface area (Å²) in [7, 11) is 0. The van der Waals surface area contributed by atoms with E-state index in [1.54, 1.807) is 0 Å². The smallest absolute Gasteiger partial charge is 0.0662 e. The van der Waals surface area contributed by atoms with Crippen molar-refractivity contribution in [2.75, 3.05) is 6.61 Å². The van der Waals surface area contributed by atoms with Crippen LogP contribution in [0.4, 0.5) is 0 Å². The standard InChI is InChI=1S/C16H21NO/c1-3-12(2)18-11-16(17)15-9-8-13-6-4-5-7-14(13)10-15/h4-10,12,16H,3,11,17H2,1-2H3. The number of benzene rings is 2.